The molecule has 2 nitrogen and oxygen atoms in total. The molecule has 2 unspecified atom stereocenters. The van der Waals surface area contributed by atoms with E-state index in [0.29, 0.717) is 18.6 Å². The van der Waals surface area contributed by atoms with Crippen molar-refractivity contribution in [2.75, 3.05) is 13.2 Å². The summed E-state index contributed by atoms with van der Waals surface area (Å²) in [5, 5.41) is 3.59. The second kappa shape index (κ2) is 9.32. The van der Waals surface area contributed by atoms with Crippen molar-refractivity contribution in [2.45, 2.75) is 52.2 Å². The van der Waals surface area contributed by atoms with Crippen molar-refractivity contribution in [1.29, 1.82) is 0 Å². The van der Waals surface area contributed by atoms with Crippen LogP contribution >= 0.6 is 11.6 Å². The first-order valence-electron chi connectivity index (χ1n) is 7.41. The fourth-order valence-corrected chi connectivity index (χ4v) is 2.63. The van der Waals surface area contributed by atoms with Crippen LogP contribution in [0.5, 0.6) is 0 Å². The standard InChI is InChI=1S/C16H25ClFNO/c1-4-8-15(20-6-3)14(19-5-2)11-12-9-7-10-13(17)16(12)18/h7,9-10,14-15,19H,4-6,8,11H2,1-3H3. The highest BCUT2D eigenvalue weighted by Gasteiger charge is 2.22. The van der Waals surface area contributed by atoms with Crippen LogP contribution in [0, 0.1) is 5.82 Å². The summed E-state index contributed by atoms with van der Waals surface area (Å²) in [7, 11) is 0. The van der Waals surface area contributed by atoms with Crippen LogP contribution in [0.1, 0.15) is 39.2 Å². The molecule has 1 rings (SSSR count). The van der Waals surface area contributed by atoms with E-state index < -0.39 is 0 Å². The number of rotatable bonds is 9. The van der Waals surface area contributed by atoms with Gasteiger partial charge in [-0.15, -0.1) is 0 Å². The number of nitrogens with one attached hydrogen (secondary N) is 1. The number of ether oxygens (including phenoxy) is 1. The van der Waals surface area contributed by atoms with Crippen molar-refractivity contribution >= 4 is 11.6 Å². The second-order valence-corrected chi connectivity index (χ2v) is 5.27. The number of likely N-dealkylation sites (N-methyl/N-ethyl adjacent to an activating group) is 1. The Labute approximate surface area is 126 Å². The van der Waals surface area contributed by atoms with Crippen LogP contribution in [0.4, 0.5) is 4.39 Å². The fraction of sp³-hybridized carbons (Fsp3) is 0.625. The average Bonchev–Trinajstić information content (AvgIpc) is 2.43. The lowest BCUT2D eigenvalue weighted by molar-refractivity contribution is 0.0284. The smallest absolute Gasteiger partial charge is 0.145 e. The van der Waals surface area contributed by atoms with Gasteiger partial charge in [-0.2, -0.15) is 0 Å². The van der Waals surface area contributed by atoms with Gasteiger partial charge in [-0.05, 0) is 37.9 Å². The number of halogens is 2. The SMILES string of the molecule is CCCC(OCC)C(Cc1cccc(Cl)c1F)NCC. The Kier molecular flexibility index (Phi) is 8.12. The average molecular weight is 302 g/mol. The Morgan fingerprint density at radius 3 is 2.65 bits per heavy atom. The third-order valence-electron chi connectivity index (χ3n) is 3.34. The molecule has 114 valence electrons. The van der Waals surface area contributed by atoms with Crippen LogP contribution in [0.25, 0.3) is 0 Å². The lowest BCUT2D eigenvalue weighted by Gasteiger charge is -2.28. The number of hydrogen-bond donors (Lipinski definition) is 1. The van der Waals surface area contributed by atoms with E-state index in [4.69, 9.17) is 16.3 Å². The zero-order valence-corrected chi connectivity index (χ0v) is 13.3. The van der Waals surface area contributed by atoms with Crippen molar-refractivity contribution in [3.63, 3.8) is 0 Å². The molecule has 20 heavy (non-hydrogen) atoms. The highest BCUT2D eigenvalue weighted by molar-refractivity contribution is 6.30. The molecule has 0 saturated heterocycles. The van der Waals surface area contributed by atoms with E-state index in [2.05, 4.69) is 19.2 Å². The van der Waals surface area contributed by atoms with Crippen LogP contribution in [-0.4, -0.2) is 25.3 Å². The molecule has 0 spiro atoms. The maximum Gasteiger partial charge on any atom is 0.145 e. The second-order valence-electron chi connectivity index (χ2n) is 4.86. The van der Waals surface area contributed by atoms with Crippen LogP contribution in [-0.2, 0) is 11.2 Å². The summed E-state index contributed by atoms with van der Waals surface area (Å²) in [6.07, 6.45) is 2.70. The Morgan fingerprint density at radius 1 is 1.30 bits per heavy atom. The van der Waals surface area contributed by atoms with E-state index in [1.807, 2.05) is 6.92 Å². The van der Waals surface area contributed by atoms with E-state index in [1.165, 1.54) is 0 Å². The van der Waals surface area contributed by atoms with Gasteiger partial charge in [0.2, 0.25) is 0 Å². The Morgan fingerprint density at radius 2 is 2.05 bits per heavy atom. The van der Waals surface area contributed by atoms with Gasteiger partial charge in [0.1, 0.15) is 5.82 Å². The molecule has 0 aliphatic heterocycles. The first-order chi connectivity index (χ1) is 9.63. The predicted octanol–water partition coefficient (Wildman–Crippen LogP) is 4.20. The van der Waals surface area contributed by atoms with E-state index in [1.54, 1.807) is 18.2 Å². The molecule has 0 aliphatic carbocycles. The molecule has 2 atom stereocenters. The quantitative estimate of drug-likeness (QED) is 0.738. The van der Waals surface area contributed by atoms with Gasteiger partial charge in [0.05, 0.1) is 11.1 Å². The van der Waals surface area contributed by atoms with Gasteiger partial charge in [0, 0.05) is 12.6 Å². The Bertz CT molecular complexity index is 394. The summed E-state index contributed by atoms with van der Waals surface area (Å²) < 4.78 is 19.9. The summed E-state index contributed by atoms with van der Waals surface area (Å²) in [4.78, 5) is 0. The van der Waals surface area contributed by atoms with Crippen molar-refractivity contribution < 1.29 is 9.13 Å². The lowest BCUT2D eigenvalue weighted by atomic mass is 9.97. The van der Waals surface area contributed by atoms with E-state index in [9.17, 15) is 4.39 Å². The molecular formula is C16H25ClFNO. The number of benzene rings is 1. The largest absolute Gasteiger partial charge is 0.377 e. The predicted molar refractivity (Wildman–Crippen MR) is 82.9 cm³/mol. The van der Waals surface area contributed by atoms with Crippen molar-refractivity contribution in [3.05, 3.63) is 34.6 Å². The minimum absolute atomic E-state index is 0.100. The van der Waals surface area contributed by atoms with Gasteiger partial charge in [-0.3, -0.25) is 0 Å². The van der Waals surface area contributed by atoms with E-state index >= 15 is 0 Å². The number of hydrogen-bond acceptors (Lipinski definition) is 2. The summed E-state index contributed by atoms with van der Waals surface area (Å²) in [6.45, 7) is 7.68. The molecule has 1 aromatic carbocycles. The van der Waals surface area contributed by atoms with Crippen molar-refractivity contribution in [1.82, 2.24) is 5.32 Å². The molecule has 0 aliphatic rings. The maximum absolute atomic E-state index is 14.0. The van der Waals surface area contributed by atoms with E-state index in [-0.39, 0.29) is 23.0 Å². The van der Waals surface area contributed by atoms with Gasteiger partial charge < -0.3 is 10.1 Å². The van der Waals surface area contributed by atoms with Gasteiger partial charge >= 0.3 is 0 Å². The Hall–Kier alpha value is -0.640. The zero-order valence-electron chi connectivity index (χ0n) is 12.6. The van der Waals surface area contributed by atoms with Crippen LogP contribution in [0.3, 0.4) is 0 Å². The minimum Gasteiger partial charge on any atom is -0.377 e. The molecule has 0 saturated carbocycles. The molecule has 0 fully saturated rings. The molecule has 1 N–H and O–H groups in total. The minimum atomic E-state index is -0.316. The van der Waals surface area contributed by atoms with Crippen molar-refractivity contribution in [3.8, 4) is 0 Å². The van der Waals surface area contributed by atoms with E-state index in [0.717, 1.165) is 19.4 Å². The zero-order chi connectivity index (χ0) is 15.0. The molecule has 0 amide bonds. The first kappa shape index (κ1) is 17.4. The first-order valence-corrected chi connectivity index (χ1v) is 7.79. The summed E-state index contributed by atoms with van der Waals surface area (Å²) in [5.74, 6) is -0.316. The summed E-state index contributed by atoms with van der Waals surface area (Å²) in [5.41, 5.74) is 0.643. The molecule has 0 bridgehead atoms. The molecule has 0 heterocycles. The highest BCUT2D eigenvalue weighted by atomic mass is 35.5. The maximum atomic E-state index is 14.0. The topological polar surface area (TPSA) is 21.3 Å². The molecule has 4 heteroatoms. The molecular weight excluding hydrogens is 277 g/mol. The Balaban J connectivity index is 2.86. The summed E-state index contributed by atoms with van der Waals surface area (Å²) in [6, 6.07) is 5.27. The van der Waals surface area contributed by atoms with Crippen LogP contribution < -0.4 is 5.32 Å². The molecule has 1 aromatic rings. The van der Waals surface area contributed by atoms with Gasteiger partial charge in [0.25, 0.3) is 0 Å². The van der Waals surface area contributed by atoms with Gasteiger partial charge in [-0.1, -0.05) is 44.0 Å². The van der Waals surface area contributed by atoms with Crippen molar-refractivity contribution in [2.24, 2.45) is 0 Å². The molecule has 0 aromatic heterocycles. The third-order valence-corrected chi connectivity index (χ3v) is 3.63. The lowest BCUT2D eigenvalue weighted by Crippen LogP contribution is -2.43. The van der Waals surface area contributed by atoms with Crippen LogP contribution in [0.15, 0.2) is 18.2 Å². The molecule has 0 radical (unpaired) electrons. The third kappa shape index (κ3) is 5.04. The fourth-order valence-electron chi connectivity index (χ4n) is 2.44. The highest BCUT2D eigenvalue weighted by Crippen LogP contribution is 2.21. The van der Waals surface area contributed by atoms with Gasteiger partial charge in [-0.25, -0.2) is 4.39 Å². The monoisotopic (exact) mass is 301 g/mol. The van der Waals surface area contributed by atoms with Gasteiger partial charge in [0.15, 0.2) is 0 Å². The normalized spacial score (nSPS) is 14.2. The summed E-state index contributed by atoms with van der Waals surface area (Å²) >= 11 is 5.85. The van der Waals surface area contributed by atoms with Crippen LogP contribution in [0.2, 0.25) is 5.02 Å².